The first-order valence-corrected chi connectivity index (χ1v) is 5.78. The average Bonchev–Trinajstić information content (AvgIpc) is 2.64. The average molecular weight is 239 g/mol. The van der Waals surface area contributed by atoms with Gasteiger partial charge in [-0.25, -0.2) is 0 Å². The van der Waals surface area contributed by atoms with Crippen molar-refractivity contribution in [1.82, 2.24) is 25.4 Å². The highest BCUT2D eigenvalue weighted by Crippen LogP contribution is 2.10. The zero-order valence-corrected chi connectivity index (χ0v) is 11.1. The van der Waals surface area contributed by atoms with Gasteiger partial charge in [-0.1, -0.05) is 6.92 Å². The van der Waals surface area contributed by atoms with E-state index in [1.807, 2.05) is 34.7 Å². The zero-order chi connectivity index (χ0) is 13.1. The summed E-state index contributed by atoms with van der Waals surface area (Å²) in [6.45, 7) is 8.33. The number of amides is 1. The van der Waals surface area contributed by atoms with Crippen LogP contribution >= 0.6 is 0 Å². The van der Waals surface area contributed by atoms with Crippen molar-refractivity contribution in [2.24, 2.45) is 7.05 Å². The molecule has 0 saturated carbocycles. The fraction of sp³-hybridized carbons (Fsp3) is 0.727. The third-order valence-electron chi connectivity index (χ3n) is 2.67. The van der Waals surface area contributed by atoms with Gasteiger partial charge in [-0.3, -0.25) is 4.79 Å². The van der Waals surface area contributed by atoms with Crippen molar-refractivity contribution < 1.29 is 4.79 Å². The number of nitrogens with zero attached hydrogens (tertiary/aromatic N) is 3. The number of rotatable bonds is 5. The summed E-state index contributed by atoms with van der Waals surface area (Å²) in [5.41, 5.74) is -0.582. The van der Waals surface area contributed by atoms with Gasteiger partial charge in [0.25, 0.3) is 0 Å². The maximum atomic E-state index is 12.0. The normalized spacial score (nSPS) is 13.5. The maximum absolute atomic E-state index is 12.0. The molecule has 6 nitrogen and oxygen atoms in total. The van der Waals surface area contributed by atoms with E-state index in [1.165, 1.54) is 0 Å². The second-order valence-corrected chi connectivity index (χ2v) is 4.65. The third-order valence-corrected chi connectivity index (χ3v) is 2.67. The lowest BCUT2D eigenvalue weighted by Gasteiger charge is -2.26. The van der Waals surface area contributed by atoms with E-state index in [9.17, 15) is 4.79 Å². The van der Waals surface area contributed by atoms with Gasteiger partial charge in [-0.05, 0) is 27.3 Å². The van der Waals surface area contributed by atoms with Crippen molar-refractivity contribution in [3.63, 3.8) is 0 Å². The van der Waals surface area contributed by atoms with Crippen LogP contribution < -0.4 is 10.6 Å². The summed E-state index contributed by atoms with van der Waals surface area (Å²) >= 11 is 0. The molecule has 1 rings (SSSR count). The van der Waals surface area contributed by atoms with Crippen LogP contribution in [0.2, 0.25) is 0 Å². The summed E-state index contributed by atoms with van der Waals surface area (Å²) in [6, 6.07) is -0.159. The predicted molar refractivity (Wildman–Crippen MR) is 65.3 cm³/mol. The Morgan fingerprint density at radius 2 is 2.24 bits per heavy atom. The molecule has 0 aromatic carbocycles. The van der Waals surface area contributed by atoms with Crippen molar-refractivity contribution >= 4 is 5.91 Å². The number of likely N-dealkylation sites (N-methyl/N-ethyl adjacent to an activating group) is 1. The number of nitrogens with one attached hydrogen (secondary N) is 2. The lowest BCUT2D eigenvalue weighted by atomic mass is 10.0. The van der Waals surface area contributed by atoms with Crippen LogP contribution in [0.15, 0.2) is 6.33 Å². The lowest BCUT2D eigenvalue weighted by Crippen LogP contribution is -2.53. The van der Waals surface area contributed by atoms with Gasteiger partial charge in [-0.2, -0.15) is 0 Å². The fourth-order valence-electron chi connectivity index (χ4n) is 1.65. The van der Waals surface area contributed by atoms with Crippen LogP contribution in [-0.2, 0) is 11.8 Å². The van der Waals surface area contributed by atoms with E-state index in [0.29, 0.717) is 0 Å². The molecular formula is C11H21N5O. The predicted octanol–water partition coefficient (Wildman–Crippen LogP) is 0.380. The molecule has 6 heteroatoms. The van der Waals surface area contributed by atoms with Crippen LogP contribution in [-0.4, -0.2) is 32.8 Å². The van der Waals surface area contributed by atoms with Crippen molar-refractivity contribution in [1.29, 1.82) is 0 Å². The monoisotopic (exact) mass is 239 g/mol. The van der Waals surface area contributed by atoms with Crippen LogP contribution in [0.3, 0.4) is 0 Å². The maximum Gasteiger partial charge on any atom is 0.240 e. The lowest BCUT2D eigenvalue weighted by molar-refractivity contribution is -0.127. The smallest absolute Gasteiger partial charge is 0.240 e. The molecule has 1 heterocycles. The van der Waals surface area contributed by atoms with Crippen LogP contribution in [0.1, 0.15) is 39.6 Å². The van der Waals surface area contributed by atoms with Crippen LogP contribution in [0.25, 0.3) is 0 Å². The molecule has 0 saturated heterocycles. The highest BCUT2D eigenvalue weighted by molar-refractivity contribution is 5.85. The minimum atomic E-state index is -0.582. The molecule has 0 aliphatic heterocycles. The first-order valence-electron chi connectivity index (χ1n) is 5.78. The summed E-state index contributed by atoms with van der Waals surface area (Å²) in [5.74, 6) is 0.695. The molecule has 1 aromatic rings. The van der Waals surface area contributed by atoms with Gasteiger partial charge < -0.3 is 15.2 Å². The second-order valence-electron chi connectivity index (χ2n) is 4.65. The van der Waals surface area contributed by atoms with E-state index in [0.717, 1.165) is 12.4 Å². The Morgan fingerprint density at radius 1 is 1.59 bits per heavy atom. The van der Waals surface area contributed by atoms with Gasteiger partial charge in [0.15, 0.2) is 5.82 Å². The Kier molecular flexibility index (Phi) is 4.22. The molecule has 1 atom stereocenters. The number of aryl methyl sites for hydroxylation is 1. The van der Waals surface area contributed by atoms with E-state index >= 15 is 0 Å². The van der Waals surface area contributed by atoms with Crippen molar-refractivity contribution in [2.75, 3.05) is 6.54 Å². The molecule has 0 fully saturated rings. The van der Waals surface area contributed by atoms with Gasteiger partial charge in [-0.15, -0.1) is 10.2 Å². The van der Waals surface area contributed by atoms with E-state index < -0.39 is 5.54 Å². The molecule has 0 aliphatic carbocycles. The van der Waals surface area contributed by atoms with Crippen LogP contribution in [0.4, 0.5) is 0 Å². The van der Waals surface area contributed by atoms with E-state index in [1.54, 1.807) is 10.9 Å². The Bertz CT molecular complexity index is 385. The number of carbonyl (C=O) groups is 1. The molecule has 0 radical (unpaired) electrons. The number of aromatic nitrogens is 3. The van der Waals surface area contributed by atoms with Crippen molar-refractivity contribution in [3.8, 4) is 0 Å². The molecule has 0 bridgehead atoms. The summed E-state index contributed by atoms with van der Waals surface area (Å²) < 4.78 is 1.80. The first-order chi connectivity index (χ1) is 7.88. The highest BCUT2D eigenvalue weighted by atomic mass is 16.2. The molecule has 1 amide bonds. The van der Waals surface area contributed by atoms with Crippen LogP contribution in [0, 0.1) is 0 Å². The molecule has 17 heavy (non-hydrogen) atoms. The summed E-state index contributed by atoms with van der Waals surface area (Å²) in [5, 5.41) is 13.8. The van der Waals surface area contributed by atoms with Gasteiger partial charge in [0, 0.05) is 7.05 Å². The molecule has 0 aliphatic rings. The van der Waals surface area contributed by atoms with Crippen molar-refractivity contribution in [3.05, 3.63) is 12.2 Å². The van der Waals surface area contributed by atoms with E-state index in [4.69, 9.17) is 0 Å². The van der Waals surface area contributed by atoms with Gasteiger partial charge >= 0.3 is 0 Å². The van der Waals surface area contributed by atoms with Crippen molar-refractivity contribution in [2.45, 2.75) is 39.3 Å². The topological polar surface area (TPSA) is 71.8 Å². The Labute approximate surface area is 102 Å². The summed E-state index contributed by atoms with van der Waals surface area (Å²) in [7, 11) is 1.85. The fourth-order valence-corrected chi connectivity index (χ4v) is 1.65. The number of hydrogen-bond acceptors (Lipinski definition) is 4. The number of hydrogen-bond donors (Lipinski definition) is 2. The highest BCUT2D eigenvalue weighted by Gasteiger charge is 2.28. The van der Waals surface area contributed by atoms with Gasteiger partial charge in [0.05, 0.1) is 11.6 Å². The van der Waals surface area contributed by atoms with E-state index in [2.05, 4.69) is 20.8 Å². The van der Waals surface area contributed by atoms with E-state index in [-0.39, 0.29) is 11.9 Å². The van der Waals surface area contributed by atoms with Gasteiger partial charge in [0.1, 0.15) is 6.33 Å². The Morgan fingerprint density at radius 3 is 2.71 bits per heavy atom. The van der Waals surface area contributed by atoms with Gasteiger partial charge in [0.2, 0.25) is 5.91 Å². The summed E-state index contributed by atoms with van der Waals surface area (Å²) in [6.07, 6.45) is 1.62. The van der Waals surface area contributed by atoms with Crippen LogP contribution in [0.5, 0.6) is 0 Å². The largest absolute Gasteiger partial charge is 0.345 e. The second kappa shape index (κ2) is 5.27. The molecule has 1 unspecified atom stereocenters. The molecular weight excluding hydrogens is 218 g/mol. The quantitative estimate of drug-likeness (QED) is 0.779. The Hall–Kier alpha value is -1.43. The zero-order valence-electron chi connectivity index (χ0n) is 11.1. The first kappa shape index (κ1) is 13.6. The molecule has 2 N–H and O–H groups in total. The third kappa shape index (κ3) is 3.26. The summed E-state index contributed by atoms with van der Waals surface area (Å²) in [4.78, 5) is 12.0. The Balaban J connectivity index is 2.66. The minimum Gasteiger partial charge on any atom is -0.345 e. The standard InChI is InChI=1S/C11H21N5O/c1-6-12-11(3,4)10(17)14-8(2)9-15-13-7-16(9)5/h7-8,12H,6H2,1-5H3,(H,14,17). The SMILES string of the molecule is CCNC(C)(C)C(=O)NC(C)c1nncn1C. The number of carbonyl (C=O) groups excluding carboxylic acids is 1. The molecule has 96 valence electrons. The molecule has 1 aromatic heterocycles. The minimum absolute atomic E-state index is 0.0464. The molecule has 0 spiro atoms.